The largest absolute Gasteiger partial charge is 0.496 e. The Morgan fingerprint density at radius 3 is 2.89 bits per heavy atom. The Balaban J connectivity index is 2.45. The van der Waals surface area contributed by atoms with Gasteiger partial charge in [-0.25, -0.2) is 0 Å². The van der Waals surface area contributed by atoms with Gasteiger partial charge in [0.25, 0.3) is 0 Å². The van der Waals surface area contributed by atoms with Crippen molar-refractivity contribution < 1.29 is 9.53 Å². The number of halogens is 1. The average molecular weight is 271 g/mol. The zero-order valence-electron chi connectivity index (χ0n) is 10.8. The van der Waals surface area contributed by atoms with Crippen molar-refractivity contribution in [2.75, 3.05) is 20.7 Å². The molecule has 0 aliphatic heterocycles. The van der Waals surface area contributed by atoms with Crippen LogP contribution in [0.25, 0.3) is 0 Å². The van der Waals surface area contributed by atoms with E-state index in [0.29, 0.717) is 23.7 Å². The van der Waals surface area contributed by atoms with Gasteiger partial charge in [0.2, 0.25) is 5.91 Å². The number of amides is 1. The van der Waals surface area contributed by atoms with Crippen LogP contribution in [0.2, 0.25) is 5.02 Å². The van der Waals surface area contributed by atoms with Gasteiger partial charge in [0.15, 0.2) is 0 Å². The zero-order chi connectivity index (χ0) is 13.4. The smallest absolute Gasteiger partial charge is 0.220 e. The van der Waals surface area contributed by atoms with E-state index < -0.39 is 0 Å². The average Bonchev–Trinajstić information content (AvgIpc) is 2.37. The Morgan fingerprint density at radius 1 is 1.44 bits per heavy atom. The van der Waals surface area contributed by atoms with Gasteiger partial charge in [-0.3, -0.25) is 4.79 Å². The molecule has 0 radical (unpaired) electrons. The number of nitrogens with one attached hydrogen (secondary N) is 2. The summed E-state index contributed by atoms with van der Waals surface area (Å²) in [6.07, 6.45) is 1.36. The van der Waals surface area contributed by atoms with Crippen molar-refractivity contribution in [3.8, 4) is 5.75 Å². The number of ether oxygens (including phenoxy) is 1. The first-order valence-electron chi connectivity index (χ1n) is 5.91. The molecule has 0 aliphatic carbocycles. The topological polar surface area (TPSA) is 50.4 Å². The summed E-state index contributed by atoms with van der Waals surface area (Å²) >= 11 is 5.87. The lowest BCUT2D eigenvalue weighted by molar-refractivity contribution is -0.121. The molecule has 0 spiro atoms. The van der Waals surface area contributed by atoms with Crippen LogP contribution >= 0.6 is 11.6 Å². The van der Waals surface area contributed by atoms with Crippen molar-refractivity contribution in [3.63, 3.8) is 0 Å². The van der Waals surface area contributed by atoms with Crippen LogP contribution < -0.4 is 15.4 Å². The number of carbonyl (C=O) groups is 1. The van der Waals surface area contributed by atoms with E-state index >= 15 is 0 Å². The molecule has 18 heavy (non-hydrogen) atoms. The van der Waals surface area contributed by atoms with Crippen LogP contribution in [0.3, 0.4) is 0 Å². The molecule has 1 aromatic rings. The fraction of sp³-hybridized carbons (Fsp3) is 0.462. The molecule has 0 saturated heterocycles. The molecule has 2 N–H and O–H groups in total. The Morgan fingerprint density at radius 2 is 2.22 bits per heavy atom. The summed E-state index contributed by atoms with van der Waals surface area (Å²) in [6, 6.07) is 5.38. The molecular weight excluding hydrogens is 252 g/mol. The highest BCUT2D eigenvalue weighted by Crippen LogP contribution is 2.22. The highest BCUT2D eigenvalue weighted by atomic mass is 35.5. The molecule has 4 nitrogen and oxygen atoms in total. The first-order valence-corrected chi connectivity index (χ1v) is 6.29. The van der Waals surface area contributed by atoms with Gasteiger partial charge in [-0.2, -0.15) is 0 Å². The monoisotopic (exact) mass is 270 g/mol. The second-order valence-electron chi connectivity index (χ2n) is 3.94. The SMILES string of the molecule is CNCCCC(=O)NCc1ccc(Cl)cc1OC. The summed E-state index contributed by atoms with van der Waals surface area (Å²) in [5, 5.41) is 6.49. The lowest BCUT2D eigenvalue weighted by Crippen LogP contribution is -2.23. The molecule has 5 heteroatoms. The molecule has 0 aromatic heterocycles. The minimum absolute atomic E-state index is 0.0438. The Hall–Kier alpha value is -1.26. The van der Waals surface area contributed by atoms with Gasteiger partial charge < -0.3 is 15.4 Å². The Labute approximate surface area is 113 Å². The first-order chi connectivity index (χ1) is 8.67. The predicted molar refractivity (Wildman–Crippen MR) is 73.0 cm³/mol. The van der Waals surface area contributed by atoms with Crippen LogP contribution in [-0.2, 0) is 11.3 Å². The van der Waals surface area contributed by atoms with Crippen molar-refractivity contribution in [1.82, 2.24) is 10.6 Å². The summed E-state index contributed by atoms with van der Waals surface area (Å²) in [4.78, 5) is 11.6. The fourth-order valence-corrected chi connectivity index (χ4v) is 1.73. The highest BCUT2D eigenvalue weighted by molar-refractivity contribution is 6.30. The maximum absolute atomic E-state index is 11.6. The van der Waals surface area contributed by atoms with Gasteiger partial charge in [-0.1, -0.05) is 17.7 Å². The third-order valence-electron chi connectivity index (χ3n) is 2.56. The minimum atomic E-state index is 0.0438. The molecule has 1 amide bonds. The number of hydrogen-bond donors (Lipinski definition) is 2. The maximum Gasteiger partial charge on any atom is 0.220 e. The van der Waals surface area contributed by atoms with Crippen molar-refractivity contribution in [2.45, 2.75) is 19.4 Å². The van der Waals surface area contributed by atoms with E-state index in [9.17, 15) is 4.79 Å². The molecule has 0 fully saturated rings. The number of hydrogen-bond acceptors (Lipinski definition) is 3. The third kappa shape index (κ3) is 4.94. The van der Waals surface area contributed by atoms with Gasteiger partial charge in [0.05, 0.1) is 7.11 Å². The summed E-state index contributed by atoms with van der Waals surface area (Å²) < 4.78 is 5.21. The molecule has 0 heterocycles. The van der Waals surface area contributed by atoms with Crippen LogP contribution in [0.1, 0.15) is 18.4 Å². The molecule has 0 atom stereocenters. The molecule has 1 aromatic carbocycles. The zero-order valence-corrected chi connectivity index (χ0v) is 11.5. The van der Waals surface area contributed by atoms with E-state index in [-0.39, 0.29) is 5.91 Å². The number of methoxy groups -OCH3 is 1. The lowest BCUT2D eigenvalue weighted by Gasteiger charge is -2.10. The molecule has 0 bridgehead atoms. The Kier molecular flexibility index (Phi) is 6.54. The third-order valence-corrected chi connectivity index (χ3v) is 2.79. The highest BCUT2D eigenvalue weighted by Gasteiger charge is 2.06. The number of carbonyl (C=O) groups excluding carboxylic acids is 1. The maximum atomic E-state index is 11.6. The van der Waals surface area contributed by atoms with Crippen LogP contribution in [0.15, 0.2) is 18.2 Å². The molecule has 0 saturated carbocycles. The van der Waals surface area contributed by atoms with Gasteiger partial charge in [-0.05, 0) is 32.1 Å². The fourth-order valence-electron chi connectivity index (χ4n) is 1.57. The van der Waals surface area contributed by atoms with Crippen LogP contribution in [0.5, 0.6) is 5.75 Å². The van der Waals surface area contributed by atoms with Gasteiger partial charge in [0, 0.05) is 23.6 Å². The molecule has 100 valence electrons. The van der Waals surface area contributed by atoms with Gasteiger partial charge >= 0.3 is 0 Å². The standard InChI is InChI=1S/C13H19ClN2O2/c1-15-7-3-4-13(17)16-9-10-5-6-11(14)8-12(10)18-2/h5-6,8,15H,3-4,7,9H2,1-2H3,(H,16,17). The summed E-state index contributed by atoms with van der Waals surface area (Å²) in [7, 11) is 3.46. The van der Waals surface area contributed by atoms with Gasteiger partial charge in [0.1, 0.15) is 5.75 Å². The van der Waals surface area contributed by atoms with Crippen LogP contribution in [0, 0.1) is 0 Å². The van der Waals surface area contributed by atoms with E-state index in [1.165, 1.54) is 0 Å². The van der Waals surface area contributed by atoms with E-state index in [4.69, 9.17) is 16.3 Å². The second-order valence-corrected chi connectivity index (χ2v) is 4.38. The predicted octanol–water partition coefficient (Wildman–Crippen LogP) is 1.96. The van der Waals surface area contributed by atoms with Crippen LogP contribution in [0.4, 0.5) is 0 Å². The van der Waals surface area contributed by atoms with E-state index in [2.05, 4.69) is 10.6 Å². The van der Waals surface area contributed by atoms with Crippen molar-refractivity contribution in [3.05, 3.63) is 28.8 Å². The van der Waals surface area contributed by atoms with E-state index in [1.807, 2.05) is 13.1 Å². The van der Waals surface area contributed by atoms with Gasteiger partial charge in [-0.15, -0.1) is 0 Å². The Bertz CT molecular complexity index is 397. The minimum Gasteiger partial charge on any atom is -0.496 e. The van der Waals surface area contributed by atoms with Crippen molar-refractivity contribution >= 4 is 17.5 Å². The van der Waals surface area contributed by atoms with E-state index in [1.54, 1.807) is 19.2 Å². The quantitative estimate of drug-likeness (QED) is 0.745. The second kappa shape index (κ2) is 7.95. The normalized spacial score (nSPS) is 10.2. The first kappa shape index (κ1) is 14.8. The molecule has 1 rings (SSSR count). The molecule has 0 unspecified atom stereocenters. The number of rotatable bonds is 7. The van der Waals surface area contributed by atoms with Crippen molar-refractivity contribution in [1.29, 1.82) is 0 Å². The van der Waals surface area contributed by atoms with Crippen LogP contribution in [-0.4, -0.2) is 26.6 Å². The number of benzene rings is 1. The lowest BCUT2D eigenvalue weighted by atomic mass is 10.2. The molecule has 0 aliphatic rings. The summed E-state index contributed by atoms with van der Waals surface area (Å²) in [5.74, 6) is 0.736. The summed E-state index contributed by atoms with van der Waals surface area (Å²) in [6.45, 7) is 1.30. The van der Waals surface area contributed by atoms with Crippen molar-refractivity contribution in [2.24, 2.45) is 0 Å². The summed E-state index contributed by atoms with van der Waals surface area (Å²) in [5.41, 5.74) is 0.920. The molecular formula is C13H19ClN2O2. The van der Waals surface area contributed by atoms with E-state index in [0.717, 1.165) is 18.5 Å².